The standard InChI is InChI=1S/C22H28N2O5S2/c1-17-6-3-4-7-18(17)16-30-13-5-10-23-22(25)15-24(31(2,26)27)19-8-9-20-21(14-19)29-12-11-28-20/h3-4,6-9,14H,5,10-13,15-16H2,1-2H3,(H,23,25). The van der Waals surface area contributed by atoms with E-state index in [4.69, 9.17) is 9.47 Å². The molecule has 0 fully saturated rings. The van der Waals surface area contributed by atoms with Gasteiger partial charge in [-0.25, -0.2) is 8.42 Å². The number of fused-ring (bicyclic) bond motifs is 1. The van der Waals surface area contributed by atoms with Gasteiger partial charge in [0.25, 0.3) is 0 Å². The van der Waals surface area contributed by atoms with E-state index in [0.29, 0.717) is 36.9 Å². The molecule has 3 rings (SSSR count). The summed E-state index contributed by atoms with van der Waals surface area (Å²) >= 11 is 1.82. The Morgan fingerprint density at radius 2 is 1.87 bits per heavy atom. The maximum Gasteiger partial charge on any atom is 0.240 e. The molecule has 2 aromatic carbocycles. The van der Waals surface area contributed by atoms with Crippen LogP contribution >= 0.6 is 11.8 Å². The maximum atomic E-state index is 12.4. The normalized spacial score (nSPS) is 13.0. The fourth-order valence-electron chi connectivity index (χ4n) is 3.13. The highest BCUT2D eigenvalue weighted by Gasteiger charge is 2.23. The monoisotopic (exact) mass is 464 g/mol. The van der Waals surface area contributed by atoms with E-state index >= 15 is 0 Å². The Hall–Kier alpha value is -2.39. The Bertz CT molecular complexity index is 1010. The zero-order valence-corrected chi connectivity index (χ0v) is 19.4. The van der Waals surface area contributed by atoms with Gasteiger partial charge in [0.2, 0.25) is 15.9 Å². The van der Waals surface area contributed by atoms with E-state index in [1.807, 2.05) is 23.9 Å². The number of nitrogens with one attached hydrogen (secondary N) is 1. The molecular formula is C22H28N2O5S2. The summed E-state index contributed by atoms with van der Waals surface area (Å²) in [4.78, 5) is 12.4. The van der Waals surface area contributed by atoms with Crippen molar-refractivity contribution < 1.29 is 22.7 Å². The van der Waals surface area contributed by atoms with E-state index in [0.717, 1.165) is 28.5 Å². The summed E-state index contributed by atoms with van der Waals surface area (Å²) in [6.07, 6.45) is 1.89. The lowest BCUT2D eigenvalue weighted by molar-refractivity contribution is -0.119. The fraction of sp³-hybridized carbons (Fsp3) is 0.409. The van der Waals surface area contributed by atoms with Gasteiger partial charge in [0.05, 0.1) is 11.9 Å². The number of nitrogens with zero attached hydrogens (tertiary/aromatic N) is 1. The lowest BCUT2D eigenvalue weighted by atomic mass is 10.1. The summed E-state index contributed by atoms with van der Waals surface area (Å²) in [6, 6.07) is 13.2. The van der Waals surface area contributed by atoms with Crippen LogP contribution in [0.3, 0.4) is 0 Å². The molecule has 0 radical (unpaired) electrons. The minimum Gasteiger partial charge on any atom is -0.486 e. The molecule has 9 heteroatoms. The van der Waals surface area contributed by atoms with E-state index in [1.54, 1.807) is 18.2 Å². The molecule has 0 saturated heterocycles. The SMILES string of the molecule is Cc1ccccc1CSCCCNC(=O)CN(c1ccc2c(c1)OCCO2)S(C)(=O)=O. The van der Waals surface area contributed by atoms with Crippen LogP contribution in [-0.2, 0) is 20.6 Å². The number of anilines is 1. The van der Waals surface area contributed by atoms with Gasteiger partial charge in [0.1, 0.15) is 19.8 Å². The quantitative estimate of drug-likeness (QED) is 0.544. The third kappa shape index (κ3) is 6.80. The molecule has 0 unspecified atom stereocenters. The number of carbonyl (C=O) groups is 1. The molecule has 1 amide bonds. The predicted molar refractivity (Wildman–Crippen MR) is 125 cm³/mol. The van der Waals surface area contributed by atoms with Crippen molar-refractivity contribution in [2.24, 2.45) is 0 Å². The number of ether oxygens (including phenoxy) is 2. The van der Waals surface area contributed by atoms with Crippen LogP contribution < -0.4 is 19.1 Å². The van der Waals surface area contributed by atoms with Crippen molar-refractivity contribution >= 4 is 33.4 Å². The first-order chi connectivity index (χ1) is 14.8. The number of amides is 1. The Kier molecular flexibility index (Phi) is 8.09. The Labute approximate surface area is 188 Å². The summed E-state index contributed by atoms with van der Waals surface area (Å²) in [5.41, 5.74) is 2.97. The molecule has 2 aromatic rings. The largest absolute Gasteiger partial charge is 0.486 e. The smallest absolute Gasteiger partial charge is 0.240 e. The van der Waals surface area contributed by atoms with Gasteiger partial charge in [-0.15, -0.1) is 0 Å². The maximum absolute atomic E-state index is 12.4. The van der Waals surface area contributed by atoms with Crippen LogP contribution in [0.5, 0.6) is 11.5 Å². The number of aryl methyl sites for hydroxylation is 1. The third-order valence-corrected chi connectivity index (χ3v) is 7.04. The molecule has 1 aliphatic heterocycles. The van der Waals surface area contributed by atoms with Crippen molar-refractivity contribution in [2.45, 2.75) is 19.1 Å². The number of benzene rings is 2. The highest BCUT2D eigenvalue weighted by molar-refractivity contribution is 7.98. The van der Waals surface area contributed by atoms with Gasteiger partial charge in [-0.1, -0.05) is 24.3 Å². The van der Waals surface area contributed by atoms with Crippen molar-refractivity contribution in [3.8, 4) is 11.5 Å². The second-order valence-electron chi connectivity index (χ2n) is 7.28. The van der Waals surface area contributed by atoms with Crippen LogP contribution in [0.4, 0.5) is 5.69 Å². The molecule has 31 heavy (non-hydrogen) atoms. The molecular weight excluding hydrogens is 436 g/mol. The lowest BCUT2D eigenvalue weighted by Crippen LogP contribution is -2.40. The molecule has 0 spiro atoms. The molecule has 0 saturated carbocycles. The molecule has 0 aromatic heterocycles. The van der Waals surface area contributed by atoms with Crippen LogP contribution in [0, 0.1) is 6.92 Å². The molecule has 0 atom stereocenters. The van der Waals surface area contributed by atoms with Crippen molar-refractivity contribution in [1.82, 2.24) is 5.32 Å². The van der Waals surface area contributed by atoms with Gasteiger partial charge in [-0.2, -0.15) is 11.8 Å². The predicted octanol–water partition coefficient (Wildman–Crippen LogP) is 2.97. The topological polar surface area (TPSA) is 84.9 Å². The van der Waals surface area contributed by atoms with Crippen LogP contribution in [0.15, 0.2) is 42.5 Å². The van der Waals surface area contributed by atoms with E-state index in [9.17, 15) is 13.2 Å². The van der Waals surface area contributed by atoms with Gasteiger partial charge in [0, 0.05) is 18.4 Å². The average molecular weight is 465 g/mol. The fourth-order valence-corrected chi connectivity index (χ4v) is 5.01. The number of sulfonamides is 1. The second kappa shape index (κ2) is 10.8. The van der Waals surface area contributed by atoms with Gasteiger partial charge >= 0.3 is 0 Å². The molecule has 1 aliphatic rings. The number of carbonyl (C=O) groups excluding carboxylic acids is 1. The minimum atomic E-state index is -3.64. The summed E-state index contributed by atoms with van der Waals surface area (Å²) in [5, 5.41) is 2.81. The molecule has 0 bridgehead atoms. The van der Waals surface area contributed by atoms with Crippen molar-refractivity contribution in [3.05, 3.63) is 53.6 Å². The van der Waals surface area contributed by atoms with E-state index in [2.05, 4.69) is 24.4 Å². The zero-order valence-electron chi connectivity index (χ0n) is 17.8. The molecule has 1 heterocycles. The molecule has 7 nitrogen and oxygen atoms in total. The number of thioether (sulfide) groups is 1. The zero-order chi connectivity index (χ0) is 22.3. The third-order valence-electron chi connectivity index (χ3n) is 4.81. The number of hydrogen-bond acceptors (Lipinski definition) is 6. The van der Waals surface area contributed by atoms with Crippen LogP contribution in [0.1, 0.15) is 17.5 Å². The Balaban J connectivity index is 1.47. The summed E-state index contributed by atoms with van der Waals surface area (Å²) in [5.74, 6) is 2.54. The molecule has 0 aliphatic carbocycles. The Morgan fingerprint density at radius 3 is 2.61 bits per heavy atom. The van der Waals surface area contributed by atoms with Crippen molar-refractivity contribution in [1.29, 1.82) is 0 Å². The summed E-state index contributed by atoms with van der Waals surface area (Å²) in [6.45, 7) is 3.17. The van der Waals surface area contributed by atoms with Gasteiger partial charge in [-0.05, 0) is 42.4 Å². The van der Waals surface area contributed by atoms with E-state index in [1.165, 1.54) is 11.1 Å². The van der Waals surface area contributed by atoms with Gasteiger partial charge in [-0.3, -0.25) is 9.10 Å². The first kappa shape index (κ1) is 23.3. The molecule has 1 N–H and O–H groups in total. The van der Waals surface area contributed by atoms with Crippen molar-refractivity contribution in [2.75, 3.05) is 42.6 Å². The summed E-state index contributed by atoms with van der Waals surface area (Å²) < 4.78 is 36.6. The number of rotatable bonds is 10. The van der Waals surface area contributed by atoms with Gasteiger partial charge in [0.15, 0.2) is 11.5 Å². The van der Waals surface area contributed by atoms with Gasteiger partial charge < -0.3 is 14.8 Å². The second-order valence-corrected chi connectivity index (χ2v) is 10.3. The lowest BCUT2D eigenvalue weighted by Gasteiger charge is -2.24. The highest BCUT2D eigenvalue weighted by atomic mass is 32.2. The molecule has 168 valence electrons. The van der Waals surface area contributed by atoms with Crippen LogP contribution in [0.25, 0.3) is 0 Å². The van der Waals surface area contributed by atoms with E-state index in [-0.39, 0.29) is 12.5 Å². The van der Waals surface area contributed by atoms with Crippen LogP contribution in [0.2, 0.25) is 0 Å². The average Bonchev–Trinajstić information content (AvgIpc) is 2.74. The number of hydrogen-bond donors (Lipinski definition) is 1. The summed E-state index contributed by atoms with van der Waals surface area (Å²) in [7, 11) is -3.64. The first-order valence-corrected chi connectivity index (χ1v) is 13.1. The van der Waals surface area contributed by atoms with E-state index < -0.39 is 10.0 Å². The highest BCUT2D eigenvalue weighted by Crippen LogP contribution is 2.34. The van der Waals surface area contributed by atoms with Crippen molar-refractivity contribution in [3.63, 3.8) is 0 Å². The minimum absolute atomic E-state index is 0.283. The van der Waals surface area contributed by atoms with Crippen LogP contribution in [-0.4, -0.2) is 52.6 Å². The first-order valence-electron chi connectivity index (χ1n) is 10.1. The Morgan fingerprint density at radius 1 is 1.13 bits per heavy atom.